The van der Waals surface area contributed by atoms with Crippen LogP contribution in [0.3, 0.4) is 0 Å². The van der Waals surface area contributed by atoms with Crippen molar-refractivity contribution in [2.45, 2.75) is 26.8 Å². The molecule has 1 rings (SSSR count). The molecule has 0 saturated heterocycles. The highest BCUT2D eigenvalue weighted by Crippen LogP contribution is 2.07. The lowest BCUT2D eigenvalue weighted by Crippen LogP contribution is -2.35. The maximum absolute atomic E-state index is 11.4. The van der Waals surface area contributed by atoms with Crippen molar-refractivity contribution in [1.82, 2.24) is 10.6 Å². The number of carbonyl (C=O) groups excluding carboxylic acids is 1. The highest BCUT2D eigenvalue weighted by atomic mass is 16.5. The van der Waals surface area contributed by atoms with E-state index in [-0.39, 0.29) is 6.03 Å². The molecule has 0 saturated carbocycles. The first kappa shape index (κ1) is 13.6. The SMILES string of the molecule is CCOCCCNC(=O)NCc1ccoc1C. The number of aryl methyl sites for hydroxylation is 1. The fourth-order valence-electron chi connectivity index (χ4n) is 1.35. The molecule has 0 aliphatic carbocycles. The molecule has 5 nitrogen and oxygen atoms in total. The lowest BCUT2D eigenvalue weighted by atomic mass is 10.2. The lowest BCUT2D eigenvalue weighted by Gasteiger charge is -2.07. The molecule has 0 aliphatic heterocycles. The van der Waals surface area contributed by atoms with E-state index in [1.807, 2.05) is 19.9 Å². The average molecular weight is 240 g/mol. The third kappa shape index (κ3) is 5.40. The quantitative estimate of drug-likeness (QED) is 0.714. The second-order valence-electron chi connectivity index (χ2n) is 3.66. The molecule has 0 fully saturated rings. The van der Waals surface area contributed by atoms with Gasteiger partial charge in [-0.25, -0.2) is 4.79 Å². The summed E-state index contributed by atoms with van der Waals surface area (Å²) >= 11 is 0. The molecule has 96 valence electrons. The molecule has 0 bridgehead atoms. The van der Waals surface area contributed by atoms with E-state index < -0.39 is 0 Å². The van der Waals surface area contributed by atoms with E-state index in [4.69, 9.17) is 9.15 Å². The molecule has 2 N–H and O–H groups in total. The standard InChI is InChI=1S/C12H20N2O3/c1-3-16-7-4-6-13-12(15)14-9-11-5-8-17-10(11)2/h5,8H,3-4,6-7,9H2,1-2H3,(H2,13,14,15). The van der Waals surface area contributed by atoms with Gasteiger partial charge in [-0.2, -0.15) is 0 Å². The highest BCUT2D eigenvalue weighted by molar-refractivity contribution is 5.73. The number of ether oxygens (including phenoxy) is 1. The van der Waals surface area contributed by atoms with Gasteiger partial charge >= 0.3 is 6.03 Å². The Kier molecular flexibility index (Phi) is 6.17. The number of urea groups is 1. The van der Waals surface area contributed by atoms with Gasteiger partial charge in [-0.3, -0.25) is 0 Å². The summed E-state index contributed by atoms with van der Waals surface area (Å²) in [5.41, 5.74) is 0.995. The van der Waals surface area contributed by atoms with Crippen molar-refractivity contribution >= 4 is 6.03 Å². The first-order valence-electron chi connectivity index (χ1n) is 5.86. The molecular formula is C12H20N2O3. The van der Waals surface area contributed by atoms with E-state index in [1.54, 1.807) is 6.26 Å². The van der Waals surface area contributed by atoms with Crippen LogP contribution < -0.4 is 10.6 Å². The third-order valence-electron chi connectivity index (χ3n) is 2.36. The van der Waals surface area contributed by atoms with Gasteiger partial charge < -0.3 is 19.8 Å². The second-order valence-corrected chi connectivity index (χ2v) is 3.66. The Morgan fingerprint density at radius 1 is 1.47 bits per heavy atom. The number of rotatable bonds is 7. The molecule has 0 aromatic carbocycles. The number of hydrogen-bond donors (Lipinski definition) is 2. The van der Waals surface area contributed by atoms with Gasteiger partial charge in [-0.05, 0) is 26.3 Å². The molecule has 1 heterocycles. The summed E-state index contributed by atoms with van der Waals surface area (Å²) in [5, 5.41) is 5.53. The summed E-state index contributed by atoms with van der Waals surface area (Å²) in [6.07, 6.45) is 2.44. The molecule has 2 amide bonds. The van der Waals surface area contributed by atoms with Crippen molar-refractivity contribution in [2.24, 2.45) is 0 Å². The predicted molar refractivity (Wildman–Crippen MR) is 64.8 cm³/mol. The van der Waals surface area contributed by atoms with Crippen LogP contribution in [0.15, 0.2) is 16.7 Å². The first-order valence-corrected chi connectivity index (χ1v) is 5.86. The third-order valence-corrected chi connectivity index (χ3v) is 2.36. The van der Waals surface area contributed by atoms with Crippen LogP contribution in [0.2, 0.25) is 0 Å². The van der Waals surface area contributed by atoms with E-state index in [0.29, 0.717) is 26.3 Å². The Balaban J connectivity index is 2.07. The topological polar surface area (TPSA) is 63.5 Å². The summed E-state index contributed by atoms with van der Waals surface area (Å²) in [6, 6.07) is 1.69. The van der Waals surface area contributed by atoms with Crippen LogP contribution in [0.4, 0.5) is 4.79 Å². The normalized spacial score (nSPS) is 10.2. The molecule has 0 unspecified atom stereocenters. The van der Waals surface area contributed by atoms with Crippen LogP contribution in [-0.2, 0) is 11.3 Å². The number of carbonyl (C=O) groups is 1. The van der Waals surface area contributed by atoms with Crippen molar-refractivity contribution in [2.75, 3.05) is 19.8 Å². The molecule has 0 aliphatic rings. The van der Waals surface area contributed by atoms with Gasteiger partial charge in [0.1, 0.15) is 5.76 Å². The van der Waals surface area contributed by atoms with E-state index in [9.17, 15) is 4.79 Å². The second kappa shape index (κ2) is 7.73. The van der Waals surface area contributed by atoms with Gasteiger partial charge in [-0.1, -0.05) is 0 Å². The number of furan rings is 1. The average Bonchev–Trinajstić information content (AvgIpc) is 2.72. The Morgan fingerprint density at radius 2 is 2.29 bits per heavy atom. The van der Waals surface area contributed by atoms with E-state index >= 15 is 0 Å². The molecule has 17 heavy (non-hydrogen) atoms. The van der Waals surface area contributed by atoms with Crippen LogP contribution in [-0.4, -0.2) is 25.8 Å². The van der Waals surface area contributed by atoms with Gasteiger partial charge in [0, 0.05) is 31.9 Å². The maximum atomic E-state index is 11.4. The minimum absolute atomic E-state index is 0.165. The minimum atomic E-state index is -0.165. The molecular weight excluding hydrogens is 220 g/mol. The van der Waals surface area contributed by atoms with Gasteiger partial charge in [0.25, 0.3) is 0 Å². The van der Waals surface area contributed by atoms with Gasteiger partial charge in [0.15, 0.2) is 0 Å². The summed E-state index contributed by atoms with van der Waals surface area (Å²) in [5.74, 6) is 0.835. The van der Waals surface area contributed by atoms with Gasteiger partial charge in [0.05, 0.1) is 6.26 Å². The van der Waals surface area contributed by atoms with E-state index in [2.05, 4.69) is 10.6 Å². The monoisotopic (exact) mass is 240 g/mol. The van der Waals surface area contributed by atoms with Crippen LogP contribution in [0.1, 0.15) is 24.7 Å². The fraction of sp³-hybridized carbons (Fsp3) is 0.583. The Hall–Kier alpha value is -1.49. The summed E-state index contributed by atoms with van der Waals surface area (Å²) in [6.45, 7) is 6.32. The van der Waals surface area contributed by atoms with Gasteiger partial charge in [0.2, 0.25) is 0 Å². The number of amides is 2. The molecule has 0 spiro atoms. The Bertz CT molecular complexity index is 336. The zero-order chi connectivity index (χ0) is 12.5. The summed E-state index contributed by atoms with van der Waals surface area (Å²) < 4.78 is 10.3. The Labute approximate surface area is 102 Å². The lowest BCUT2D eigenvalue weighted by molar-refractivity contribution is 0.145. The van der Waals surface area contributed by atoms with Crippen LogP contribution in [0, 0.1) is 6.92 Å². The number of hydrogen-bond acceptors (Lipinski definition) is 3. The molecule has 5 heteroatoms. The summed E-state index contributed by atoms with van der Waals surface area (Å²) in [7, 11) is 0. The van der Waals surface area contributed by atoms with Crippen molar-refractivity contribution < 1.29 is 13.9 Å². The Morgan fingerprint density at radius 3 is 2.94 bits per heavy atom. The maximum Gasteiger partial charge on any atom is 0.315 e. The highest BCUT2D eigenvalue weighted by Gasteiger charge is 2.03. The molecule has 1 aromatic heterocycles. The van der Waals surface area contributed by atoms with Gasteiger partial charge in [-0.15, -0.1) is 0 Å². The van der Waals surface area contributed by atoms with E-state index in [1.165, 1.54) is 0 Å². The smallest absolute Gasteiger partial charge is 0.315 e. The van der Waals surface area contributed by atoms with Crippen LogP contribution in [0.25, 0.3) is 0 Å². The van der Waals surface area contributed by atoms with Crippen molar-refractivity contribution in [3.8, 4) is 0 Å². The minimum Gasteiger partial charge on any atom is -0.469 e. The van der Waals surface area contributed by atoms with Crippen molar-refractivity contribution in [3.05, 3.63) is 23.7 Å². The predicted octanol–water partition coefficient (Wildman–Crippen LogP) is 1.81. The molecule has 1 aromatic rings. The first-order chi connectivity index (χ1) is 8.24. The fourth-order valence-corrected chi connectivity index (χ4v) is 1.35. The van der Waals surface area contributed by atoms with Crippen molar-refractivity contribution in [1.29, 1.82) is 0 Å². The van der Waals surface area contributed by atoms with Crippen LogP contribution in [0.5, 0.6) is 0 Å². The number of nitrogens with one attached hydrogen (secondary N) is 2. The largest absolute Gasteiger partial charge is 0.469 e. The molecule has 0 radical (unpaired) electrons. The van der Waals surface area contributed by atoms with E-state index in [0.717, 1.165) is 17.7 Å². The zero-order valence-corrected chi connectivity index (χ0v) is 10.4. The molecule has 0 atom stereocenters. The zero-order valence-electron chi connectivity index (χ0n) is 10.4. The summed E-state index contributed by atoms with van der Waals surface area (Å²) in [4.78, 5) is 11.4. The van der Waals surface area contributed by atoms with Crippen LogP contribution >= 0.6 is 0 Å². The van der Waals surface area contributed by atoms with Crippen molar-refractivity contribution in [3.63, 3.8) is 0 Å².